The van der Waals surface area contributed by atoms with Crippen LogP contribution in [0.3, 0.4) is 0 Å². The SMILES string of the molecule is CC=CCCc1ccc(C2OCC(c3cc(F)c(F)c(F)c3)CO2)cc1. The van der Waals surface area contributed by atoms with Crippen molar-refractivity contribution in [1.29, 1.82) is 0 Å². The van der Waals surface area contributed by atoms with Crippen molar-refractivity contribution in [3.63, 3.8) is 0 Å². The molecule has 1 heterocycles. The summed E-state index contributed by atoms with van der Waals surface area (Å²) >= 11 is 0. The van der Waals surface area contributed by atoms with Gasteiger partial charge in [-0.25, -0.2) is 13.2 Å². The largest absolute Gasteiger partial charge is 0.348 e. The van der Waals surface area contributed by atoms with Crippen molar-refractivity contribution >= 4 is 0 Å². The second-order valence-corrected chi connectivity index (χ2v) is 6.34. The average molecular weight is 362 g/mol. The fourth-order valence-electron chi connectivity index (χ4n) is 2.96. The predicted octanol–water partition coefficient (Wildman–Crippen LogP) is 5.44. The minimum Gasteiger partial charge on any atom is -0.348 e. The lowest BCUT2D eigenvalue weighted by molar-refractivity contribution is -0.191. The predicted molar refractivity (Wildman–Crippen MR) is 93.3 cm³/mol. The van der Waals surface area contributed by atoms with Gasteiger partial charge in [-0.1, -0.05) is 36.4 Å². The van der Waals surface area contributed by atoms with Crippen LogP contribution in [0.5, 0.6) is 0 Å². The molecule has 1 fully saturated rings. The minimum absolute atomic E-state index is 0.248. The Morgan fingerprint density at radius 2 is 1.58 bits per heavy atom. The second-order valence-electron chi connectivity index (χ2n) is 6.34. The summed E-state index contributed by atoms with van der Waals surface area (Å²) in [5, 5.41) is 0. The summed E-state index contributed by atoms with van der Waals surface area (Å²) in [6.45, 7) is 2.50. The Hall–Kier alpha value is -2.11. The molecule has 5 heteroatoms. The molecule has 3 rings (SSSR count). The van der Waals surface area contributed by atoms with E-state index in [-0.39, 0.29) is 19.1 Å². The molecule has 138 valence electrons. The molecule has 0 spiro atoms. The maximum atomic E-state index is 13.4. The van der Waals surface area contributed by atoms with Crippen LogP contribution in [0.25, 0.3) is 0 Å². The van der Waals surface area contributed by atoms with E-state index in [0.717, 1.165) is 30.5 Å². The Morgan fingerprint density at radius 1 is 0.962 bits per heavy atom. The van der Waals surface area contributed by atoms with Gasteiger partial charge >= 0.3 is 0 Å². The number of rotatable bonds is 5. The number of hydrogen-bond donors (Lipinski definition) is 0. The highest BCUT2D eigenvalue weighted by atomic mass is 19.2. The molecular formula is C21H21F3O2. The first kappa shape index (κ1) is 18.7. The molecule has 0 unspecified atom stereocenters. The maximum Gasteiger partial charge on any atom is 0.194 e. The van der Waals surface area contributed by atoms with Gasteiger partial charge < -0.3 is 9.47 Å². The Morgan fingerprint density at radius 3 is 2.15 bits per heavy atom. The monoisotopic (exact) mass is 362 g/mol. The number of allylic oxidation sites excluding steroid dienone is 2. The van der Waals surface area contributed by atoms with E-state index in [0.29, 0.717) is 5.56 Å². The Kier molecular flexibility index (Phi) is 6.12. The van der Waals surface area contributed by atoms with Crippen molar-refractivity contribution in [2.45, 2.75) is 32.0 Å². The van der Waals surface area contributed by atoms with Gasteiger partial charge in [0, 0.05) is 11.5 Å². The van der Waals surface area contributed by atoms with Crippen LogP contribution in [-0.4, -0.2) is 13.2 Å². The van der Waals surface area contributed by atoms with Gasteiger partial charge in [0.15, 0.2) is 23.7 Å². The van der Waals surface area contributed by atoms with Gasteiger partial charge in [0.1, 0.15) is 0 Å². The highest BCUT2D eigenvalue weighted by Gasteiger charge is 2.26. The number of benzene rings is 2. The van der Waals surface area contributed by atoms with Crippen LogP contribution in [0, 0.1) is 17.5 Å². The summed E-state index contributed by atoms with van der Waals surface area (Å²) in [7, 11) is 0. The zero-order valence-electron chi connectivity index (χ0n) is 14.6. The van der Waals surface area contributed by atoms with E-state index in [2.05, 4.69) is 6.08 Å². The van der Waals surface area contributed by atoms with Crippen molar-refractivity contribution in [3.8, 4) is 0 Å². The summed E-state index contributed by atoms with van der Waals surface area (Å²) in [5.41, 5.74) is 2.46. The molecular weight excluding hydrogens is 341 g/mol. The Labute approximate surface area is 151 Å². The first-order valence-corrected chi connectivity index (χ1v) is 8.66. The van der Waals surface area contributed by atoms with Gasteiger partial charge in [-0.3, -0.25) is 0 Å². The number of aryl methyl sites for hydroxylation is 1. The minimum atomic E-state index is -1.46. The van der Waals surface area contributed by atoms with Crippen LogP contribution in [0.1, 0.15) is 42.2 Å². The molecule has 0 saturated carbocycles. The van der Waals surface area contributed by atoms with Crippen LogP contribution >= 0.6 is 0 Å². The normalized spacial score (nSPS) is 20.6. The lowest BCUT2D eigenvalue weighted by atomic mass is 9.99. The van der Waals surface area contributed by atoms with Crippen LogP contribution < -0.4 is 0 Å². The zero-order chi connectivity index (χ0) is 18.5. The molecule has 0 aliphatic carbocycles. The van der Waals surface area contributed by atoms with Gasteiger partial charge in [0.2, 0.25) is 0 Å². The molecule has 2 nitrogen and oxygen atoms in total. The van der Waals surface area contributed by atoms with E-state index in [1.807, 2.05) is 37.3 Å². The molecule has 0 amide bonds. The van der Waals surface area contributed by atoms with Crippen LogP contribution in [0.15, 0.2) is 48.6 Å². The topological polar surface area (TPSA) is 18.5 Å². The van der Waals surface area contributed by atoms with E-state index in [1.165, 1.54) is 5.56 Å². The van der Waals surface area contributed by atoms with E-state index in [9.17, 15) is 13.2 Å². The number of halogens is 3. The lowest BCUT2D eigenvalue weighted by Crippen LogP contribution is -2.26. The summed E-state index contributed by atoms with van der Waals surface area (Å²) in [5.74, 6) is -4.19. The maximum absolute atomic E-state index is 13.4. The van der Waals surface area contributed by atoms with Crippen LogP contribution in [-0.2, 0) is 15.9 Å². The molecule has 1 saturated heterocycles. The molecule has 0 bridgehead atoms. The highest BCUT2D eigenvalue weighted by molar-refractivity contribution is 5.26. The summed E-state index contributed by atoms with van der Waals surface area (Å²) in [6.07, 6.45) is 5.63. The highest BCUT2D eigenvalue weighted by Crippen LogP contribution is 2.31. The molecule has 26 heavy (non-hydrogen) atoms. The van der Waals surface area contributed by atoms with Crippen molar-refractivity contribution in [2.24, 2.45) is 0 Å². The standard InChI is InChI=1S/C21H21F3O2/c1-2-3-4-5-14-6-8-15(9-7-14)21-25-12-17(13-26-21)16-10-18(22)20(24)19(23)11-16/h2-3,6-11,17,21H,4-5,12-13H2,1H3. The van der Waals surface area contributed by atoms with Crippen LogP contribution in [0.4, 0.5) is 13.2 Å². The third-order valence-corrected chi connectivity index (χ3v) is 4.46. The van der Waals surface area contributed by atoms with Gasteiger partial charge in [-0.15, -0.1) is 0 Å². The molecule has 2 aromatic carbocycles. The number of ether oxygens (including phenoxy) is 2. The fourth-order valence-corrected chi connectivity index (χ4v) is 2.96. The molecule has 1 aliphatic heterocycles. The van der Waals surface area contributed by atoms with Crippen molar-refractivity contribution in [2.75, 3.05) is 13.2 Å². The third kappa shape index (κ3) is 4.34. The Bertz CT molecular complexity index is 740. The van der Waals surface area contributed by atoms with Gasteiger partial charge in [0.25, 0.3) is 0 Å². The smallest absolute Gasteiger partial charge is 0.194 e. The van der Waals surface area contributed by atoms with E-state index >= 15 is 0 Å². The third-order valence-electron chi connectivity index (χ3n) is 4.46. The first-order chi connectivity index (χ1) is 12.6. The quantitative estimate of drug-likeness (QED) is 0.521. The zero-order valence-corrected chi connectivity index (χ0v) is 14.6. The molecule has 0 atom stereocenters. The molecule has 0 radical (unpaired) electrons. The van der Waals surface area contributed by atoms with Crippen molar-refractivity contribution < 1.29 is 22.6 Å². The van der Waals surface area contributed by atoms with Gasteiger partial charge in [0.05, 0.1) is 13.2 Å². The van der Waals surface area contributed by atoms with Crippen LogP contribution in [0.2, 0.25) is 0 Å². The molecule has 0 N–H and O–H groups in total. The molecule has 2 aromatic rings. The average Bonchev–Trinajstić information content (AvgIpc) is 2.67. The van der Waals surface area contributed by atoms with E-state index in [1.54, 1.807) is 0 Å². The van der Waals surface area contributed by atoms with E-state index < -0.39 is 23.7 Å². The second kappa shape index (κ2) is 8.52. The van der Waals surface area contributed by atoms with E-state index in [4.69, 9.17) is 9.47 Å². The first-order valence-electron chi connectivity index (χ1n) is 8.66. The van der Waals surface area contributed by atoms with Crippen molar-refractivity contribution in [3.05, 3.63) is 82.7 Å². The lowest BCUT2D eigenvalue weighted by Gasteiger charge is -2.30. The van der Waals surface area contributed by atoms with Crippen molar-refractivity contribution in [1.82, 2.24) is 0 Å². The van der Waals surface area contributed by atoms with Gasteiger partial charge in [-0.05, 0) is 43.0 Å². The fraction of sp³-hybridized carbons (Fsp3) is 0.333. The summed E-state index contributed by atoms with van der Waals surface area (Å²) in [4.78, 5) is 0. The summed E-state index contributed by atoms with van der Waals surface area (Å²) < 4.78 is 51.3. The molecule has 0 aromatic heterocycles. The number of hydrogen-bond acceptors (Lipinski definition) is 2. The van der Waals surface area contributed by atoms with Gasteiger partial charge in [-0.2, -0.15) is 0 Å². The Balaban J connectivity index is 1.60. The summed E-state index contributed by atoms with van der Waals surface area (Å²) in [6, 6.07) is 10.0. The molecule has 1 aliphatic rings.